The van der Waals surface area contributed by atoms with Crippen LogP contribution in [0, 0.1) is 11.0 Å². The molecule has 0 N–H and O–H groups in total. The highest BCUT2D eigenvalue weighted by atomic mass is 19.4. The van der Waals surface area contributed by atoms with Crippen LogP contribution in [0.1, 0.15) is 33.5 Å². The number of carbonyl (C=O) groups excluding carboxylic acids is 1. The van der Waals surface area contributed by atoms with E-state index in [9.17, 15) is 40.7 Å². The SMILES string of the molecule is O=C1c2c(-c3ccc(F)cc3)cc[n+]([O-])c2OCCCN1Cc1cc(C(F)(F)F)cc(C(F)(F)F)c1. The van der Waals surface area contributed by atoms with Crippen LogP contribution in [0.3, 0.4) is 0 Å². The van der Waals surface area contributed by atoms with Crippen molar-refractivity contribution in [1.29, 1.82) is 0 Å². The molecule has 0 aliphatic carbocycles. The molecule has 190 valence electrons. The first-order valence-electron chi connectivity index (χ1n) is 10.6. The molecule has 4 rings (SSSR count). The second kappa shape index (κ2) is 9.32. The van der Waals surface area contributed by atoms with Crippen molar-refractivity contribution in [3.8, 4) is 17.0 Å². The van der Waals surface area contributed by atoms with Crippen molar-refractivity contribution in [2.75, 3.05) is 13.2 Å². The van der Waals surface area contributed by atoms with Gasteiger partial charge >= 0.3 is 18.2 Å². The Labute approximate surface area is 199 Å². The Balaban J connectivity index is 1.79. The van der Waals surface area contributed by atoms with Gasteiger partial charge in [0.05, 0.1) is 17.7 Å². The standard InChI is InChI=1S/C24H17F7N2O3/c25-18-4-2-15(3-5-18)19-6-8-33(35)22-20(19)21(34)32(7-1-9-36-22)13-14-10-16(23(26,27)28)12-17(11-14)24(29,30)31/h2-6,8,10-12H,1,7,9,13H2. The van der Waals surface area contributed by atoms with Crippen molar-refractivity contribution in [2.24, 2.45) is 0 Å². The van der Waals surface area contributed by atoms with Gasteiger partial charge in [-0.15, -0.1) is 4.73 Å². The van der Waals surface area contributed by atoms with Crippen LogP contribution >= 0.6 is 0 Å². The lowest BCUT2D eigenvalue weighted by Crippen LogP contribution is -2.39. The number of rotatable bonds is 3. The molecule has 5 nitrogen and oxygen atoms in total. The molecule has 0 spiro atoms. The number of halogens is 7. The summed E-state index contributed by atoms with van der Waals surface area (Å²) in [6.07, 6.45) is -8.84. The summed E-state index contributed by atoms with van der Waals surface area (Å²) in [6.45, 7) is -0.684. The Morgan fingerprint density at radius 1 is 0.944 bits per heavy atom. The van der Waals surface area contributed by atoms with E-state index in [1.807, 2.05) is 0 Å². The molecule has 1 amide bonds. The summed E-state index contributed by atoms with van der Waals surface area (Å²) in [7, 11) is 0. The molecule has 0 bridgehead atoms. The molecule has 0 fully saturated rings. The first-order valence-corrected chi connectivity index (χ1v) is 10.6. The highest BCUT2D eigenvalue weighted by Gasteiger charge is 2.38. The van der Waals surface area contributed by atoms with Crippen molar-refractivity contribution in [3.05, 3.63) is 88.0 Å². The monoisotopic (exact) mass is 514 g/mol. The summed E-state index contributed by atoms with van der Waals surface area (Å²) in [5.41, 5.74) is -3.08. The second-order valence-electron chi connectivity index (χ2n) is 8.09. The predicted molar refractivity (Wildman–Crippen MR) is 112 cm³/mol. The summed E-state index contributed by atoms with van der Waals surface area (Å²) in [5, 5.41) is 12.4. The van der Waals surface area contributed by atoms with E-state index in [1.54, 1.807) is 0 Å². The fourth-order valence-electron chi connectivity index (χ4n) is 3.90. The zero-order valence-electron chi connectivity index (χ0n) is 18.3. The molecule has 1 aromatic heterocycles. The van der Waals surface area contributed by atoms with Crippen LogP contribution in [0.5, 0.6) is 5.88 Å². The molecule has 1 aliphatic heterocycles. The largest absolute Gasteiger partial charge is 0.616 e. The number of pyridine rings is 1. The zero-order chi connectivity index (χ0) is 26.3. The van der Waals surface area contributed by atoms with E-state index in [0.29, 0.717) is 22.4 Å². The third-order valence-corrected chi connectivity index (χ3v) is 5.55. The molecule has 36 heavy (non-hydrogen) atoms. The predicted octanol–water partition coefficient (Wildman–Crippen LogP) is 5.59. The van der Waals surface area contributed by atoms with Crippen molar-refractivity contribution < 1.29 is 45.0 Å². The maximum atomic E-state index is 13.5. The summed E-state index contributed by atoms with van der Waals surface area (Å²) in [4.78, 5) is 14.6. The highest BCUT2D eigenvalue weighted by Crippen LogP contribution is 2.37. The lowest BCUT2D eigenvalue weighted by atomic mass is 9.99. The van der Waals surface area contributed by atoms with Crippen LogP contribution in [0.15, 0.2) is 54.7 Å². The van der Waals surface area contributed by atoms with Gasteiger partial charge in [-0.05, 0) is 47.9 Å². The van der Waals surface area contributed by atoms with Gasteiger partial charge in [0.2, 0.25) is 0 Å². The number of carbonyl (C=O) groups is 1. The number of aromatic nitrogens is 1. The lowest BCUT2D eigenvalue weighted by molar-refractivity contribution is -0.613. The Hall–Kier alpha value is -3.83. The number of nitrogens with zero attached hydrogens (tertiary/aromatic N) is 2. The molecule has 2 aromatic carbocycles. The van der Waals surface area contributed by atoms with E-state index in [0.717, 1.165) is 23.2 Å². The van der Waals surface area contributed by atoms with Crippen LogP contribution in [0.4, 0.5) is 30.7 Å². The molecule has 3 aromatic rings. The van der Waals surface area contributed by atoms with Gasteiger partial charge in [-0.25, -0.2) is 4.39 Å². The summed E-state index contributed by atoms with van der Waals surface area (Å²) in [5.74, 6) is -1.75. The number of hydrogen-bond donors (Lipinski definition) is 0. The summed E-state index contributed by atoms with van der Waals surface area (Å²) >= 11 is 0. The number of alkyl halides is 6. The number of ether oxygens (including phenoxy) is 1. The molecule has 2 heterocycles. The van der Waals surface area contributed by atoms with E-state index in [1.165, 1.54) is 18.2 Å². The maximum absolute atomic E-state index is 13.5. The van der Waals surface area contributed by atoms with Gasteiger partial charge in [0, 0.05) is 24.7 Å². The minimum absolute atomic E-state index is 0.00884. The Bertz CT molecular complexity index is 1260. The van der Waals surface area contributed by atoms with Gasteiger partial charge in [-0.2, -0.15) is 26.3 Å². The normalized spacial score (nSPS) is 14.6. The van der Waals surface area contributed by atoms with Gasteiger partial charge < -0.3 is 14.8 Å². The van der Waals surface area contributed by atoms with E-state index in [2.05, 4.69) is 0 Å². The van der Waals surface area contributed by atoms with Gasteiger partial charge in [0.1, 0.15) is 5.82 Å². The second-order valence-corrected chi connectivity index (χ2v) is 8.09. The van der Waals surface area contributed by atoms with Gasteiger partial charge in [0.25, 0.3) is 5.91 Å². The third kappa shape index (κ3) is 5.21. The molecular weight excluding hydrogens is 497 g/mol. The Morgan fingerprint density at radius 2 is 1.56 bits per heavy atom. The molecule has 0 unspecified atom stereocenters. The molecule has 0 saturated carbocycles. The number of benzene rings is 2. The van der Waals surface area contributed by atoms with E-state index in [4.69, 9.17) is 4.74 Å². The van der Waals surface area contributed by atoms with E-state index in [-0.39, 0.29) is 48.2 Å². The number of amides is 1. The topological polar surface area (TPSA) is 56.5 Å². The zero-order valence-corrected chi connectivity index (χ0v) is 18.3. The van der Waals surface area contributed by atoms with Gasteiger partial charge in [-0.1, -0.05) is 12.1 Å². The minimum Gasteiger partial charge on any atom is -0.616 e. The summed E-state index contributed by atoms with van der Waals surface area (Å²) in [6, 6.07) is 7.40. The number of hydrogen-bond acceptors (Lipinski definition) is 3. The lowest BCUT2D eigenvalue weighted by Gasteiger charge is -2.27. The van der Waals surface area contributed by atoms with Crippen molar-refractivity contribution in [1.82, 2.24) is 4.90 Å². The van der Waals surface area contributed by atoms with Crippen LogP contribution in [-0.4, -0.2) is 24.0 Å². The van der Waals surface area contributed by atoms with Crippen LogP contribution in [-0.2, 0) is 18.9 Å². The van der Waals surface area contributed by atoms with Crippen LogP contribution < -0.4 is 9.47 Å². The van der Waals surface area contributed by atoms with Crippen molar-refractivity contribution >= 4 is 5.91 Å². The first kappa shape index (κ1) is 25.3. The number of fused-ring (bicyclic) bond motifs is 1. The average Bonchev–Trinajstić information content (AvgIpc) is 2.79. The minimum atomic E-state index is -5.04. The first-order chi connectivity index (χ1) is 16.8. The average molecular weight is 514 g/mol. The van der Waals surface area contributed by atoms with Crippen LogP contribution in [0.25, 0.3) is 11.1 Å². The molecule has 0 atom stereocenters. The molecule has 0 saturated heterocycles. The Kier molecular flexibility index (Phi) is 6.54. The molecule has 12 heteroatoms. The smallest absolute Gasteiger partial charge is 0.416 e. The van der Waals surface area contributed by atoms with Crippen LogP contribution in [0.2, 0.25) is 0 Å². The molecular formula is C24H17F7N2O3. The van der Waals surface area contributed by atoms with E-state index >= 15 is 0 Å². The van der Waals surface area contributed by atoms with Gasteiger partial charge in [0.15, 0.2) is 11.8 Å². The summed E-state index contributed by atoms with van der Waals surface area (Å²) < 4.78 is 99.0. The highest BCUT2D eigenvalue weighted by molar-refractivity contribution is 6.02. The van der Waals surface area contributed by atoms with Gasteiger partial charge in [-0.3, -0.25) is 4.79 Å². The molecule has 1 aliphatic rings. The quantitative estimate of drug-likeness (QED) is 0.260. The Morgan fingerprint density at radius 3 is 2.14 bits per heavy atom. The van der Waals surface area contributed by atoms with E-state index < -0.39 is 41.7 Å². The fraction of sp³-hybridized carbons (Fsp3) is 0.250. The third-order valence-electron chi connectivity index (χ3n) is 5.55. The van der Waals surface area contributed by atoms with Crippen molar-refractivity contribution in [2.45, 2.75) is 25.3 Å². The fourth-order valence-corrected chi connectivity index (χ4v) is 3.90. The van der Waals surface area contributed by atoms with Crippen molar-refractivity contribution in [3.63, 3.8) is 0 Å². The maximum Gasteiger partial charge on any atom is 0.416 e. The molecule has 0 radical (unpaired) electrons.